The zero-order valence-corrected chi connectivity index (χ0v) is 21.1. The molecule has 1 saturated heterocycles. The number of hydrogen-bond donors (Lipinski definition) is 3. The molecule has 0 bridgehead atoms. The van der Waals surface area contributed by atoms with E-state index in [0.29, 0.717) is 36.7 Å². The average Bonchev–Trinajstić information content (AvgIpc) is 3.31. The SMILES string of the molecule is C=N/C=C\C/C(=N\CC(=N)Cc1cc(C2CCN(C3CCC3)CC2)ccc1N)n1cc(CCO)cn1. The molecular formula is C28H39N7O. The van der Waals surface area contributed by atoms with Crippen molar-refractivity contribution in [1.29, 1.82) is 5.41 Å². The van der Waals surface area contributed by atoms with Gasteiger partial charge in [-0.15, -0.1) is 0 Å². The average molecular weight is 490 g/mol. The summed E-state index contributed by atoms with van der Waals surface area (Å²) < 4.78 is 1.71. The van der Waals surface area contributed by atoms with Crippen molar-refractivity contribution in [2.75, 3.05) is 32.0 Å². The summed E-state index contributed by atoms with van der Waals surface area (Å²) in [7, 11) is 0. The van der Waals surface area contributed by atoms with Gasteiger partial charge in [-0.05, 0) is 80.6 Å². The molecule has 1 aromatic carbocycles. The normalized spacial score (nSPS) is 18.0. The Labute approximate surface area is 214 Å². The molecule has 0 unspecified atom stereocenters. The van der Waals surface area contributed by atoms with Crippen LogP contribution in [-0.4, -0.2) is 70.3 Å². The molecule has 0 radical (unpaired) electrons. The van der Waals surface area contributed by atoms with Gasteiger partial charge in [-0.1, -0.05) is 24.6 Å². The van der Waals surface area contributed by atoms with Crippen molar-refractivity contribution in [3.8, 4) is 0 Å². The van der Waals surface area contributed by atoms with Crippen LogP contribution in [0.4, 0.5) is 5.69 Å². The van der Waals surface area contributed by atoms with Crippen molar-refractivity contribution < 1.29 is 5.11 Å². The quantitative estimate of drug-likeness (QED) is 0.253. The number of hydrogen-bond acceptors (Lipinski definition) is 7. The molecule has 2 aliphatic rings. The van der Waals surface area contributed by atoms with Crippen molar-refractivity contribution >= 4 is 24.0 Å². The molecule has 2 aromatic rings. The minimum Gasteiger partial charge on any atom is -0.398 e. The maximum Gasteiger partial charge on any atom is 0.129 e. The van der Waals surface area contributed by atoms with E-state index in [0.717, 1.165) is 22.9 Å². The van der Waals surface area contributed by atoms with Gasteiger partial charge in [0.2, 0.25) is 0 Å². The van der Waals surface area contributed by atoms with E-state index in [1.54, 1.807) is 17.1 Å². The van der Waals surface area contributed by atoms with Crippen LogP contribution in [0, 0.1) is 5.41 Å². The van der Waals surface area contributed by atoms with Crippen LogP contribution in [0.3, 0.4) is 0 Å². The first-order valence-electron chi connectivity index (χ1n) is 13.0. The molecule has 1 aromatic heterocycles. The molecule has 192 valence electrons. The van der Waals surface area contributed by atoms with E-state index in [2.05, 4.69) is 38.8 Å². The number of allylic oxidation sites excluding steroid dienone is 1. The number of likely N-dealkylation sites (tertiary alicyclic amines) is 1. The largest absolute Gasteiger partial charge is 0.398 e. The highest BCUT2D eigenvalue weighted by Crippen LogP contribution is 2.34. The van der Waals surface area contributed by atoms with E-state index in [4.69, 9.17) is 11.1 Å². The lowest BCUT2D eigenvalue weighted by molar-refractivity contribution is 0.0975. The van der Waals surface area contributed by atoms with Gasteiger partial charge in [0.25, 0.3) is 0 Å². The summed E-state index contributed by atoms with van der Waals surface area (Å²) in [6, 6.07) is 7.21. The number of nitrogen functional groups attached to an aromatic ring is 1. The summed E-state index contributed by atoms with van der Waals surface area (Å²) in [5, 5.41) is 22.2. The predicted octanol–water partition coefficient (Wildman–Crippen LogP) is 3.85. The monoisotopic (exact) mass is 489 g/mol. The first kappa shape index (κ1) is 26.0. The zero-order valence-electron chi connectivity index (χ0n) is 21.1. The lowest BCUT2D eigenvalue weighted by Gasteiger charge is -2.42. The Hall–Kier alpha value is -3.10. The molecule has 4 rings (SSSR count). The first-order chi connectivity index (χ1) is 17.6. The van der Waals surface area contributed by atoms with Crippen molar-refractivity contribution in [2.24, 2.45) is 9.98 Å². The maximum atomic E-state index is 9.19. The van der Waals surface area contributed by atoms with Crippen LogP contribution >= 0.6 is 0 Å². The summed E-state index contributed by atoms with van der Waals surface area (Å²) in [5.41, 5.74) is 10.8. The number of anilines is 1. The molecule has 4 N–H and O–H groups in total. The molecule has 1 aliphatic carbocycles. The van der Waals surface area contributed by atoms with E-state index < -0.39 is 0 Å². The molecule has 0 spiro atoms. The predicted molar refractivity (Wildman–Crippen MR) is 147 cm³/mol. The Morgan fingerprint density at radius 2 is 2.06 bits per heavy atom. The highest BCUT2D eigenvalue weighted by atomic mass is 16.3. The van der Waals surface area contributed by atoms with E-state index in [-0.39, 0.29) is 13.2 Å². The number of aliphatic imine (C=N–C) groups is 2. The smallest absolute Gasteiger partial charge is 0.129 e. The second-order valence-corrected chi connectivity index (χ2v) is 9.90. The number of aromatic nitrogens is 2. The summed E-state index contributed by atoms with van der Waals surface area (Å²) >= 11 is 0. The lowest BCUT2D eigenvalue weighted by Crippen LogP contribution is -2.44. The Morgan fingerprint density at radius 3 is 2.75 bits per heavy atom. The number of piperidine rings is 1. The zero-order chi connectivity index (χ0) is 25.3. The van der Waals surface area contributed by atoms with Crippen molar-refractivity contribution in [2.45, 2.75) is 63.3 Å². The topological polar surface area (TPSA) is 116 Å². The standard InChI is InChI=1S/C28H39N7O/c1-31-12-3-6-28(35-20-21(11-15-36)18-33-35)32-19-25(29)17-24-16-23(7-8-27(24)30)22-9-13-34(14-10-22)26-4-2-5-26/h3,7-8,12,16,18,20,22,26,29,36H,1-2,4-6,9-11,13-15,17,19,30H2/b12-3-,29-25?,32-28+. The van der Waals surface area contributed by atoms with E-state index in [9.17, 15) is 5.11 Å². The molecule has 1 aliphatic heterocycles. The number of aliphatic hydroxyl groups excluding tert-OH is 1. The minimum absolute atomic E-state index is 0.0726. The number of rotatable bonds is 11. The summed E-state index contributed by atoms with van der Waals surface area (Å²) in [5.74, 6) is 1.28. The number of nitrogens with zero attached hydrogens (tertiary/aromatic N) is 5. The van der Waals surface area contributed by atoms with Gasteiger partial charge >= 0.3 is 0 Å². The van der Waals surface area contributed by atoms with E-state index in [1.807, 2.05) is 18.3 Å². The third kappa shape index (κ3) is 6.77. The van der Waals surface area contributed by atoms with Gasteiger partial charge < -0.3 is 21.1 Å². The molecule has 1 saturated carbocycles. The molecule has 0 amide bonds. The highest BCUT2D eigenvalue weighted by molar-refractivity contribution is 5.91. The lowest BCUT2D eigenvalue weighted by atomic mass is 9.84. The third-order valence-corrected chi connectivity index (χ3v) is 7.43. The first-order valence-corrected chi connectivity index (χ1v) is 13.0. The molecule has 8 heteroatoms. The summed E-state index contributed by atoms with van der Waals surface area (Å²) in [6.07, 6.45) is 15.1. The molecule has 36 heavy (non-hydrogen) atoms. The van der Waals surface area contributed by atoms with Crippen LogP contribution in [0.5, 0.6) is 0 Å². The second-order valence-electron chi connectivity index (χ2n) is 9.90. The fourth-order valence-corrected chi connectivity index (χ4v) is 5.08. The number of aliphatic hydroxyl groups is 1. The van der Waals surface area contributed by atoms with Gasteiger partial charge in [0.1, 0.15) is 5.84 Å². The van der Waals surface area contributed by atoms with Crippen LogP contribution in [0.1, 0.15) is 61.1 Å². The minimum atomic E-state index is 0.0726. The van der Waals surface area contributed by atoms with Crippen LogP contribution < -0.4 is 5.73 Å². The van der Waals surface area contributed by atoms with Gasteiger partial charge in [-0.3, -0.25) is 9.98 Å². The van der Waals surface area contributed by atoms with Gasteiger partial charge in [-0.2, -0.15) is 5.10 Å². The van der Waals surface area contributed by atoms with E-state index >= 15 is 0 Å². The Morgan fingerprint density at radius 1 is 1.25 bits per heavy atom. The van der Waals surface area contributed by atoms with Gasteiger partial charge in [0, 0.05) is 49.3 Å². The number of nitrogens with one attached hydrogen (secondary N) is 1. The Kier molecular flexibility index (Phi) is 9.19. The summed E-state index contributed by atoms with van der Waals surface area (Å²) in [4.78, 5) is 11.1. The molecule has 2 heterocycles. The van der Waals surface area contributed by atoms with Crippen molar-refractivity contribution in [3.05, 3.63) is 59.6 Å². The molecular weight excluding hydrogens is 450 g/mol. The van der Waals surface area contributed by atoms with E-state index in [1.165, 1.54) is 50.8 Å². The van der Waals surface area contributed by atoms with Gasteiger partial charge in [-0.25, -0.2) is 4.68 Å². The molecule has 8 nitrogen and oxygen atoms in total. The van der Waals surface area contributed by atoms with Gasteiger partial charge in [0.15, 0.2) is 0 Å². The van der Waals surface area contributed by atoms with Crippen LogP contribution in [0.25, 0.3) is 0 Å². The maximum absolute atomic E-state index is 9.19. The van der Waals surface area contributed by atoms with Crippen LogP contribution in [0.15, 0.2) is 52.9 Å². The van der Waals surface area contributed by atoms with Crippen LogP contribution in [-0.2, 0) is 12.8 Å². The fourth-order valence-electron chi connectivity index (χ4n) is 5.08. The highest BCUT2D eigenvalue weighted by Gasteiger charge is 2.29. The second kappa shape index (κ2) is 12.7. The van der Waals surface area contributed by atoms with Crippen molar-refractivity contribution in [3.63, 3.8) is 0 Å². The van der Waals surface area contributed by atoms with Crippen molar-refractivity contribution in [1.82, 2.24) is 14.7 Å². The molecule has 2 fully saturated rings. The Balaban J connectivity index is 1.39. The fraction of sp³-hybridized carbons (Fsp3) is 0.500. The van der Waals surface area contributed by atoms with Crippen LogP contribution in [0.2, 0.25) is 0 Å². The number of nitrogens with two attached hydrogens (primary N) is 1. The third-order valence-electron chi connectivity index (χ3n) is 7.43. The van der Waals surface area contributed by atoms with Gasteiger partial charge in [0.05, 0.1) is 12.7 Å². The number of benzene rings is 1. The summed E-state index contributed by atoms with van der Waals surface area (Å²) in [6.45, 7) is 6.18. The molecule has 0 atom stereocenters. The Bertz CT molecular complexity index is 1090.